The summed E-state index contributed by atoms with van der Waals surface area (Å²) in [5, 5.41) is 21.8. The van der Waals surface area contributed by atoms with E-state index >= 15 is 0 Å². The third-order valence-electron chi connectivity index (χ3n) is 7.43. The van der Waals surface area contributed by atoms with Gasteiger partial charge in [0.1, 0.15) is 11.2 Å². The zero-order valence-electron chi connectivity index (χ0n) is 30.9. The van der Waals surface area contributed by atoms with Crippen molar-refractivity contribution in [1.29, 1.82) is 15.8 Å². The predicted octanol–water partition coefficient (Wildman–Crippen LogP) is 6.92. The van der Waals surface area contributed by atoms with Gasteiger partial charge in [-0.2, -0.15) is 5.26 Å². The number of ether oxygens (including phenoxy) is 2. The van der Waals surface area contributed by atoms with E-state index in [-0.39, 0.29) is 31.7 Å². The standard InChI is InChI=1S/C18H25N3O2.C17H25BrN2O2.2CN.Zn/c1-14-5-6-15(16(11-14)12-19)13-20-7-9-21(10-8-20)17(22)23-18(2,3)4;1-13-5-6-14(15(18)11-13)12-19-7-9-20(10-8-19)16(21)22-17(2,3)4;2*1-2;/h5-6,11H,7-10,13H2,1-4H3;5-6,11H,7-10,12H2,1-4H3;;;/q;;2*-1;+2. The van der Waals surface area contributed by atoms with E-state index in [1.165, 1.54) is 11.1 Å². The average Bonchev–Trinajstić information content (AvgIpc) is 3.04. The molecule has 0 aliphatic carbocycles. The van der Waals surface area contributed by atoms with Crippen LogP contribution in [0.1, 0.15) is 69.4 Å². The molecular formula is C37H50BrN7O4Zn. The Bertz CT molecular complexity index is 1440. The summed E-state index contributed by atoms with van der Waals surface area (Å²) in [6.07, 6.45) is -0.450. The first-order chi connectivity index (χ1) is 23.0. The molecule has 266 valence electrons. The van der Waals surface area contributed by atoms with Gasteiger partial charge in [0.05, 0.1) is 11.6 Å². The Morgan fingerprint density at radius 1 is 0.700 bits per heavy atom. The molecule has 0 atom stereocenters. The molecule has 11 nitrogen and oxygen atoms in total. The fraction of sp³-hybridized carbons (Fsp3) is 0.541. The number of piperazine rings is 2. The molecule has 2 fully saturated rings. The molecule has 2 aromatic carbocycles. The number of carbonyl (C=O) groups is 2. The van der Waals surface area contributed by atoms with Gasteiger partial charge in [0.25, 0.3) is 0 Å². The van der Waals surface area contributed by atoms with Crippen LogP contribution in [0.4, 0.5) is 9.59 Å². The Morgan fingerprint density at radius 3 is 1.42 bits per heavy atom. The molecule has 2 aliphatic heterocycles. The van der Waals surface area contributed by atoms with E-state index in [0.717, 1.165) is 73.5 Å². The van der Waals surface area contributed by atoms with Crippen LogP contribution in [-0.2, 0) is 42.0 Å². The van der Waals surface area contributed by atoms with Crippen LogP contribution >= 0.6 is 15.9 Å². The van der Waals surface area contributed by atoms with Crippen LogP contribution in [0.3, 0.4) is 0 Å². The van der Waals surface area contributed by atoms with Crippen molar-refractivity contribution < 1.29 is 38.5 Å². The van der Waals surface area contributed by atoms with Gasteiger partial charge in [-0.15, -0.1) is 0 Å². The van der Waals surface area contributed by atoms with Crippen LogP contribution < -0.4 is 0 Å². The second-order valence-corrected chi connectivity index (χ2v) is 14.7. The summed E-state index contributed by atoms with van der Waals surface area (Å²) in [5.74, 6) is 0. The number of hydrogen-bond acceptors (Lipinski definition) is 9. The van der Waals surface area contributed by atoms with E-state index in [4.69, 9.17) is 33.1 Å². The summed E-state index contributed by atoms with van der Waals surface area (Å²) in [6.45, 7) is 32.6. The van der Waals surface area contributed by atoms with Crippen LogP contribution in [-0.4, -0.2) is 95.3 Å². The summed E-state index contributed by atoms with van der Waals surface area (Å²) in [5.41, 5.74) is 4.53. The number of aryl methyl sites for hydroxylation is 2. The first kappa shape index (κ1) is 46.5. The fourth-order valence-electron chi connectivity index (χ4n) is 5.02. The number of nitrogens with zero attached hydrogens (tertiary/aromatic N) is 7. The summed E-state index contributed by atoms with van der Waals surface area (Å²) in [7, 11) is 0. The molecule has 0 saturated carbocycles. The summed E-state index contributed by atoms with van der Waals surface area (Å²) in [4.78, 5) is 32.3. The van der Waals surface area contributed by atoms with Crippen molar-refractivity contribution in [3.8, 4) is 6.07 Å². The van der Waals surface area contributed by atoms with Crippen molar-refractivity contribution in [2.24, 2.45) is 0 Å². The van der Waals surface area contributed by atoms with Gasteiger partial charge in [-0.1, -0.05) is 40.2 Å². The first-order valence-corrected chi connectivity index (χ1v) is 16.9. The van der Waals surface area contributed by atoms with Crippen LogP contribution in [0.5, 0.6) is 0 Å². The van der Waals surface area contributed by atoms with Crippen LogP contribution in [0.2, 0.25) is 0 Å². The maximum atomic E-state index is 12.1. The normalized spacial score (nSPS) is 14.8. The first-order valence-electron chi connectivity index (χ1n) is 16.1. The van der Waals surface area contributed by atoms with Crippen LogP contribution in [0, 0.1) is 48.8 Å². The van der Waals surface area contributed by atoms with E-state index in [1.54, 1.807) is 9.80 Å². The number of rotatable bonds is 4. The van der Waals surface area contributed by atoms with Gasteiger partial charge in [0, 0.05) is 69.9 Å². The minimum absolute atomic E-state index is 0. The van der Waals surface area contributed by atoms with Gasteiger partial charge < -0.3 is 42.9 Å². The van der Waals surface area contributed by atoms with E-state index in [9.17, 15) is 14.9 Å². The molecule has 2 aromatic rings. The zero-order valence-corrected chi connectivity index (χ0v) is 35.4. The Balaban J connectivity index is 0.000000858. The molecule has 0 radical (unpaired) electrons. The Kier molecular flexibility index (Phi) is 20.7. The second-order valence-electron chi connectivity index (χ2n) is 13.9. The number of benzene rings is 2. The number of halogens is 1. The van der Waals surface area contributed by atoms with Crippen molar-refractivity contribution >= 4 is 28.1 Å². The molecule has 50 heavy (non-hydrogen) atoms. The van der Waals surface area contributed by atoms with Crippen LogP contribution in [0.25, 0.3) is 0 Å². The van der Waals surface area contributed by atoms with E-state index < -0.39 is 11.2 Å². The predicted molar refractivity (Wildman–Crippen MR) is 191 cm³/mol. The second kappa shape index (κ2) is 22.3. The molecule has 0 spiro atoms. The quantitative estimate of drug-likeness (QED) is 0.238. The smallest absolute Gasteiger partial charge is 0.512 e. The molecule has 0 bridgehead atoms. The summed E-state index contributed by atoms with van der Waals surface area (Å²) >= 11 is 3.63. The molecule has 0 aromatic heterocycles. The zero-order chi connectivity index (χ0) is 37.4. The van der Waals surface area contributed by atoms with Crippen molar-refractivity contribution in [2.75, 3.05) is 52.4 Å². The largest absolute Gasteiger partial charge is 2.00 e. The SMILES string of the molecule is Cc1ccc(CN2CCN(C(=O)OC(C)(C)C)CC2)c(Br)c1.Cc1ccc(CN2CCN(C(=O)OC(C)(C)C)CC2)c(C#N)c1.[C-]#N.[C-]#N.[Zn+2]. The van der Waals surface area contributed by atoms with Gasteiger partial charge in [-0.25, -0.2) is 9.59 Å². The van der Waals surface area contributed by atoms with Crippen molar-refractivity contribution in [1.82, 2.24) is 19.6 Å². The van der Waals surface area contributed by atoms with E-state index in [1.807, 2.05) is 66.7 Å². The summed E-state index contributed by atoms with van der Waals surface area (Å²) in [6, 6.07) is 14.7. The maximum absolute atomic E-state index is 12.1. The Hall–Kier alpha value is -3.53. The van der Waals surface area contributed by atoms with E-state index in [0.29, 0.717) is 13.1 Å². The fourth-order valence-corrected chi connectivity index (χ4v) is 5.64. The molecule has 2 saturated heterocycles. The van der Waals surface area contributed by atoms with Gasteiger partial charge in [0.2, 0.25) is 0 Å². The molecule has 4 rings (SSSR count). The minimum Gasteiger partial charge on any atom is -0.512 e. The Labute approximate surface area is 320 Å². The average molecular weight is 802 g/mol. The van der Waals surface area contributed by atoms with Crippen LogP contribution in [0.15, 0.2) is 40.9 Å². The molecule has 0 unspecified atom stereocenters. The number of nitriles is 1. The molecule has 2 aliphatic rings. The van der Waals surface area contributed by atoms with Gasteiger partial charge in [-0.05, 0) is 89.8 Å². The third-order valence-corrected chi connectivity index (χ3v) is 8.17. The van der Waals surface area contributed by atoms with Gasteiger partial charge in [-0.3, -0.25) is 9.80 Å². The monoisotopic (exact) mass is 799 g/mol. The van der Waals surface area contributed by atoms with Crippen molar-refractivity contribution in [3.63, 3.8) is 0 Å². The van der Waals surface area contributed by atoms with E-state index in [2.05, 4.69) is 56.9 Å². The molecular weight excluding hydrogens is 752 g/mol. The molecule has 13 heteroatoms. The Morgan fingerprint density at radius 2 is 1.06 bits per heavy atom. The molecule has 2 heterocycles. The number of amides is 2. The number of hydrogen-bond donors (Lipinski definition) is 0. The summed E-state index contributed by atoms with van der Waals surface area (Å²) < 4.78 is 12.0. The molecule has 0 N–H and O–H groups in total. The minimum atomic E-state index is -0.461. The third kappa shape index (κ3) is 16.9. The number of carbonyl (C=O) groups excluding carboxylic acids is 2. The molecule has 2 amide bonds. The maximum Gasteiger partial charge on any atom is 2.00 e. The van der Waals surface area contributed by atoms with Crippen molar-refractivity contribution in [2.45, 2.75) is 79.7 Å². The van der Waals surface area contributed by atoms with Gasteiger partial charge in [0.15, 0.2) is 0 Å². The topological polar surface area (TPSA) is 137 Å². The van der Waals surface area contributed by atoms with Gasteiger partial charge >= 0.3 is 31.7 Å². The van der Waals surface area contributed by atoms with Crippen molar-refractivity contribution in [3.05, 3.63) is 81.8 Å².